The summed E-state index contributed by atoms with van der Waals surface area (Å²) in [5.41, 5.74) is 0.969. The van der Waals surface area contributed by atoms with Gasteiger partial charge >= 0.3 is 0 Å². The van der Waals surface area contributed by atoms with Gasteiger partial charge in [-0.25, -0.2) is 4.74 Å². The maximum Gasteiger partial charge on any atom is 0.163 e. The molecule has 0 amide bonds. The summed E-state index contributed by atoms with van der Waals surface area (Å²) >= 11 is 0. The Bertz CT molecular complexity index is 214. The molecule has 0 aromatic carbocycles. The number of rotatable bonds is 4. The van der Waals surface area contributed by atoms with Crippen molar-refractivity contribution >= 4 is 5.71 Å². The fourth-order valence-electron chi connectivity index (χ4n) is 2.05. The number of hydroxylamine groups is 1. The van der Waals surface area contributed by atoms with Crippen LogP contribution in [-0.4, -0.2) is 16.5 Å². The van der Waals surface area contributed by atoms with Crippen LogP contribution in [0.15, 0.2) is 12.7 Å². The fraction of sp³-hybridized carbons (Fsp3) is 0.750. The van der Waals surface area contributed by atoms with Crippen LogP contribution in [0.25, 0.3) is 0 Å². The predicted molar refractivity (Wildman–Crippen MR) is 60.6 cm³/mol. The molecular weight excluding hydrogens is 174 g/mol. The van der Waals surface area contributed by atoms with Crippen LogP contribution in [0.1, 0.15) is 51.9 Å². The van der Waals surface area contributed by atoms with E-state index in [1.165, 1.54) is 24.0 Å². The van der Waals surface area contributed by atoms with Gasteiger partial charge in [0, 0.05) is 26.2 Å². The summed E-state index contributed by atoms with van der Waals surface area (Å²) in [6.07, 6.45) is 9.55. The summed E-state index contributed by atoms with van der Waals surface area (Å²) in [7, 11) is 0. The predicted octanol–water partition coefficient (Wildman–Crippen LogP) is 3.26. The summed E-state index contributed by atoms with van der Waals surface area (Å²) in [5, 5.41) is 11.8. The van der Waals surface area contributed by atoms with Gasteiger partial charge in [0.15, 0.2) is 11.8 Å². The molecule has 1 rings (SSSR count). The second kappa shape index (κ2) is 5.84. The van der Waals surface area contributed by atoms with E-state index in [9.17, 15) is 5.21 Å². The lowest BCUT2D eigenvalue weighted by Gasteiger charge is -2.22. The highest BCUT2D eigenvalue weighted by molar-refractivity contribution is 5.77. The number of allylic oxidation sites excluding steroid dienone is 1. The van der Waals surface area contributed by atoms with Crippen molar-refractivity contribution < 1.29 is 4.74 Å². The first-order valence-corrected chi connectivity index (χ1v) is 5.65. The lowest BCUT2D eigenvalue weighted by molar-refractivity contribution is -0.507. The smallest absolute Gasteiger partial charge is 0.163 e. The van der Waals surface area contributed by atoms with E-state index in [2.05, 4.69) is 6.58 Å². The van der Waals surface area contributed by atoms with Crippen LogP contribution in [-0.2, 0) is 0 Å². The van der Waals surface area contributed by atoms with Crippen LogP contribution in [0.2, 0.25) is 0 Å². The number of nitrogens with zero attached hydrogens (tertiary/aromatic N) is 1. The monoisotopic (exact) mass is 195 g/mol. The molecule has 2 heteroatoms. The van der Waals surface area contributed by atoms with Gasteiger partial charge in [-0.15, -0.1) is 6.58 Å². The Morgan fingerprint density at radius 3 is 2.64 bits per heavy atom. The fourth-order valence-corrected chi connectivity index (χ4v) is 2.05. The van der Waals surface area contributed by atoms with E-state index in [4.69, 9.17) is 0 Å². The molecule has 0 heterocycles. The van der Waals surface area contributed by atoms with Crippen LogP contribution < -0.4 is 0 Å². The van der Waals surface area contributed by atoms with E-state index < -0.39 is 0 Å². The molecule has 0 radical (unpaired) electrons. The molecule has 2 nitrogen and oxygen atoms in total. The molecule has 0 aliphatic heterocycles. The molecule has 0 aromatic heterocycles. The topological polar surface area (TPSA) is 26.1 Å². The lowest BCUT2D eigenvalue weighted by Crippen LogP contribution is -2.28. The Hall–Kier alpha value is -0.790. The van der Waals surface area contributed by atoms with Crippen LogP contribution in [0, 0.1) is 5.21 Å². The maximum atomic E-state index is 11.8. The Kier molecular flexibility index (Phi) is 4.71. The van der Waals surface area contributed by atoms with E-state index in [1.807, 2.05) is 13.0 Å². The average Bonchev–Trinajstić information content (AvgIpc) is 2.26. The molecule has 1 saturated carbocycles. The zero-order valence-electron chi connectivity index (χ0n) is 9.17. The van der Waals surface area contributed by atoms with Gasteiger partial charge in [-0.1, -0.05) is 12.5 Å². The number of hydrogen-bond acceptors (Lipinski definition) is 1. The van der Waals surface area contributed by atoms with Gasteiger partial charge in [-0.2, -0.15) is 0 Å². The summed E-state index contributed by atoms with van der Waals surface area (Å²) in [5.74, 6) is 0. The second-order valence-electron chi connectivity index (χ2n) is 4.18. The standard InChI is InChI=1S/C12H21NO/c1-3-4-8-11(2)13(14)12-9-6-5-7-10-12/h3,12H,1,4-10H2,2H3/b13-11-. The Labute approximate surface area is 86.9 Å². The molecule has 0 spiro atoms. The Morgan fingerprint density at radius 2 is 2.07 bits per heavy atom. The minimum absolute atomic E-state index is 0.258. The van der Waals surface area contributed by atoms with Gasteiger partial charge in [0.05, 0.1) is 0 Å². The molecule has 0 N–H and O–H groups in total. The van der Waals surface area contributed by atoms with Crippen molar-refractivity contribution in [3.8, 4) is 0 Å². The van der Waals surface area contributed by atoms with Crippen molar-refractivity contribution in [3.05, 3.63) is 17.9 Å². The molecule has 1 fully saturated rings. The van der Waals surface area contributed by atoms with Crippen LogP contribution >= 0.6 is 0 Å². The largest absolute Gasteiger partial charge is 0.624 e. The summed E-state index contributed by atoms with van der Waals surface area (Å²) in [6.45, 7) is 5.62. The highest BCUT2D eigenvalue weighted by Gasteiger charge is 2.20. The van der Waals surface area contributed by atoms with E-state index in [-0.39, 0.29) is 6.04 Å². The normalized spacial score (nSPS) is 20.4. The molecular formula is C12H21NO. The van der Waals surface area contributed by atoms with Gasteiger partial charge in [0.2, 0.25) is 0 Å². The average molecular weight is 195 g/mol. The number of hydrogen-bond donors (Lipinski definition) is 0. The molecule has 0 saturated heterocycles. The molecule has 0 unspecified atom stereocenters. The van der Waals surface area contributed by atoms with Crippen LogP contribution in [0.4, 0.5) is 0 Å². The quantitative estimate of drug-likeness (QED) is 0.222. The Morgan fingerprint density at radius 1 is 1.43 bits per heavy atom. The van der Waals surface area contributed by atoms with E-state index in [0.29, 0.717) is 0 Å². The zero-order valence-corrected chi connectivity index (χ0v) is 9.17. The Balaban J connectivity index is 2.50. The van der Waals surface area contributed by atoms with E-state index in [0.717, 1.165) is 31.4 Å². The van der Waals surface area contributed by atoms with Gasteiger partial charge in [0.1, 0.15) is 0 Å². The zero-order chi connectivity index (χ0) is 10.4. The summed E-state index contributed by atoms with van der Waals surface area (Å²) in [4.78, 5) is 0. The first-order chi connectivity index (χ1) is 6.75. The maximum absolute atomic E-state index is 11.8. The van der Waals surface area contributed by atoms with Gasteiger partial charge < -0.3 is 5.21 Å². The minimum Gasteiger partial charge on any atom is -0.624 e. The molecule has 0 atom stereocenters. The minimum atomic E-state index is 0.258. The highest BCUT2D eigenvalue weighted by Crippen LogP contribution is 2.20. The second-order valence-corrected chi connectivity index (χ2v) is 4.18. The molecule has 0 bridgehead atoms. The summed E-state index contributed by atoms with van der Waals surface area (Å²) < 4.78 is 1.25. The first kappa shape index (κ1) is 11.3. The van der Waals surface area contributed by atoms with Gasteiger partial charge in [0.25, 0.3) is 0 Å². The van der Waals surface area contributed by atoms with Crippen molar-refractivity contribution in [2.24, 2.45) is 0 Å². The highest BCUT2D eigenvalue weighted by atomic mass is 16.5. The van der Waals surface area contributed by atoms with Gasteiger partial charge in [-0.3, -0.25) is 0 Å². The van der Waals surface area contributed by atoms with Crippen molar-refractivity contribution in [3.63, 3.8) is 0 Å². The van der Waals surface area contributed by atoms with Crippen molar-refractivity contribution in [2.75, 3.05) is 0 Å². The third-order valence-electron chi connectivity index (χ3n) is 2.99. The SMILES string of the molecule is C=CCC/C(C)=[N+](\[O-])C1CCCCC1. The van der Waals surface area contributed by atoms with Gasteiger partial charge in [-0.05, 0) is 19.3 Å². The first-order valence-electron chi connectivity index (χ1n) is 5.65. The third kappa shape index (κ3) is 3.17. The van der Waals surface area contributed by atoms with Crippen LogP contribution in [0.3, 0.4) is 0 Å². The molecule has 14 heavy (non-hydrogen) atoms. The molecule has 1 aliphatic carbocycles. The third-order valence-corrected chi connectivity index (χ3v) is 2.99. The van der Waals surface area contributed by atoms with E-state index >= 15 is 0 Å². The van der Waals surface area contributed by atoms with E-state index in [1.54, 1.807) is 0 Å². The molecule has 1 aliphatic rings. The van der Waals surface area contributed by atoms with Crippen molar-refractivity contribution in [2.45, 2.75) is 57.9 Å². The van der Waals surface area contributed by atoms with Crippen molar-refractivity contribution in [1.82, 2.24) is 0 Å². The van der Waals surface area contributed by atoms with Crippen LogP contribution in [0.5, 0.6) is 0 Å². The lowest BCUT2D eigenvalue weighted by atomic mass is 9.95. The molecule has 0 aromatic rings. The molecule has 80 valence electrons. The summed E-state index contributed by atoms with van der Waals surface area (Å²) in [6, 6.07) is 0.258. The van der Waals surface area contributed by atoms with Crippen molar-refractivity contribution in [1.29, 1.82) is 0 Å².